The lowest BCUT2D eigenvalue weighted by Gasteiger charge is -2.28. The number of imide groups is 1. The fourth-order valence-electron chi connectivity index (χ4n) is 4.50. The standard InChI is InChI=1S/C25H20N4O6/c1-15(30)26-17-9-7-16(8-10-17)22-21-23(35-28(22)19-5-3-2-4-6-19)25(32)27(24(21)31)18-11-13-20(14-12-18)29(33)34/h2-14,21-23H,1H3,(H,26,30)/t21-,22+,23-/m0/s1. The van der Waals surface area contributed by atoms with Gasteiger partial charge in [0, 0.05) is 24.7 Å². The third-order valence-electron chi connectivity index (χ3n) is 6.02. The number of nitro groups is 1. The second-order valence-electron chi connectivity index (χ2n) is 8.25. The molecule has 0 radical (unpaired) electrons. The molecule has 2 saturated heterocycles. The van der Waals surface area contributed by atoms with Crippen LogP contribution in [0, 0.1) is 16.0 Å². The molecule has 3 aromatic carbocycles. The van der Waals surface area contributed by atoms with Crippen molar-refractivity contribution >= 4 is 40.5 Å². The number of hydrogen-bond donors (Lipinski definition) is 1. The molecule has 3 atom stereocenters. The van der Waals surface area contributed by atoms with Crippen LogP contribution in [0.2, 0.25) is 0 Å². The molecule has 0 bridgehead atoms. The van der Waals surface area contributed by atoms with E-state index in [9.17, 15) is 24.5 Å². The Balaban J connectivity index is 1.52. The number of para-hydroxylation sites is 1. The van der Waals surface area contributed by atoms with Gasteiger partial charge in [-0.2, -0.15) is 0 Å². The molecule has 2 fully saturated rings. The van der Waals surface area contributed by atoms with Crippen LogP contribution in [0.15, 0.2) is 78.9 Å². The minimum absolute atomic E-state index is 0.142. The van der Waals surface area contributed by atoms with Crippen molar-refractivity contribution in [3.05, 3.63) is 94.5 Å². The van der Waals surface area contributed by atoms with Crippen molar-refractivity contribution < 1.29 is 24.1 Å². The minimum atomic E-state index is -1.06. The average Bonchev–Trinajstić information content (AvgIpc) is 3.36. The Morgan fingerprint density at radius 3 is 2.17 bits per heavy atom. The third kappa shape index (κ3) is 3.89. The van der Waals surface area contributed by atoms with Crippen LogP contribution in [0.5, 0.6) is 0 Å². The van der Waals surface area contributed by atoms with Crippen LogP contribution in [-0.4, -0.2) is 28.7 Å². The summed E-state index contributed by atoms with van der Waals surface area (Å²) in [6, 6.07) is 20.8. The zero-order valence-electron chi connectivity index (χ0n) is 18.5. The van der Waals surface area contributed by atoms with E-state index in [2.05, 4.69) is 5.32 Å². The van der Waals surface area contributed by atoms with Crippen LogP contribution in [0.4, 0.5) is 22.7 Å². The normalized spacial score (nSPS) is 21.2. The number of anilines is 3. The average molecular weight is 472 g/mol. The summed E-state index contributed by atoms with van der Waals surface area (Å²) in [5.74, 6) is -2.04. The zero-order valence-corrected chi connectivity index (χ0v) is 18.5. The number of nitrogens with one attached hydrogen (secondary N) is 1. The summed E-state index contributed by atoms with van der Waals surface area (Å²) < 4.78 is 0. The lowest BCUT2D eigenvalue weighted by Crippen LogP contribution is -2.37. The molecule has 0 aliphatic carbocycles. The summed E-state index contributed by atoms with van der Waals surface area (Å²) in [7, 11) is 0. The highest BCUT2D eigenvalue weighted by atomic mass is 16.7. The quantitative estimate of drug-likeness (QED) is 0.342. The molecular weight excluding hydrogens is 452 g/mol. The minimum Gasteiger partial charge on any atom is -0.326 e. The fourth-order valence-corrected chi connectivity index (χ4v) is 4.50. The Morgan fingerprint density at radius 1 is 0.914 bits per heavy atom. The van der Waals surface area contributed by atoms with Crippen LogP contribution in [0.1, 0.15) is 18.5 Å². The van der Waals surface area contributed by atoms with Gasteiger partial charge < -0.3 is 5.32 Å². The maximum Gasteiger partial charge on any atom is 0.269 e. The zero-order chi connectivity index (χ0) is 24.7. The van der Waals surface area contributed by atoms with Crippen LogP contribution in [-0.2, 0) is 19.2 Å². The van der Waals surface area contributed by atoms with Gasteiger partial charge in [0.2, 0.25) is 11.8 Å². The molecule has 176 valence electrons. The first kappa shape index (κ1) is 22.2. The molecule has 3 amide bonds. The number of carbonyl (C=O) groups is 3. The van der Waals surface area contributed by atoms with Gasteiger partial charge in [-0.1, -0.05) is 30.3 Å². The van der Waals surface area contributed by atoms with E-state index in [0.29, 0.717) is 11.4 Å². The van der Waals surface area contributed by atoms with Crippen LogP contribution in [0.3, 0.4) is 0 Å². The molecule has 0 unspecified atom stereocenters. The molecule has 2 heterocycles. The van der Waals surface area contributed by atoms with Gasteiger partial charge >= 0.3 is 0 Å². The van der Waals surface area contributed by atoms with Crippen LogP contribution in [0.25, 0.3) is 0 Å². The number of nitrogens with zero attached hydrogens (tertiary/aromatic N) is 3. The lowest BCUT2D eigenvalue weighted by atomic mass is 9.90. The topological polar surface area (TPSA) is 122 Å². The Kier molecular flexibility index (Phi) is 5.50. The molecule has 2 aliphatic rings. The molecule has 2 aliphatic heterocycles. The monoisotopic (exact) mass is 472 g/mol. The second kappa shape index (κ2) is 8.65. The van der Waals surface area contributed by atoms with Crippen LogP contribution < -0.4 is 15.3 Å². The summed E-state index contributed by atoms with van der Waals surface area (Å²) in [5, 5.41) is 15.3. The summed E-state index contributed by atoms with van der Waals surface area (Å²) in [6.07, 6.45) is -1.06. The predicted octanol–water partition coefficient (Wildman–Crippen LogP) is 3.60. The molecule has 35 heavy (non-hydrogen) atoms. The van der Waals surface area contributed by atoms with Crippen molar-refractivity contribution in [2.24, 2.45) is 5.92 Å². The maximum atomic E-state index is 13.6. The number of nitro benzene ring substituents is 1. The van der Waals surface area contributed by atoms with Crippen molar-refractivity contribution in [3.63, 3.8) is 0 Å². The van der Waals surface area contributed by atoms with Gasteiger partial charge in [0.25, 0.3) is 11.6 Å². The fraction of sp³-hybridized carbons (Fsp3) is 0.160. The first-order valence-electron chi connectivity index (χ1n) is 10.9. The summed E-state index contributed by atoms with van der Waals surface area (Å²) in [6.45, 7) is 1.41. The van der Waals surface area contributed by atoms with E-state index in [1.54, 1.807) is 29.3 Å². The SMILES string of the molecule is CC(=O)Nc1ccc([C@@H]2[C@@H]3C(=O)N(c4ccc([N+](=O)[O-])cc4)C(=O)[C@H]3ON2c2ccccc2)cc1. The molecular formula is C25H20N4O6. The predicted molar refractivity (Wildman–Crippen MR) is 126 cm³/mol. The van der Waals surface area contributed by atoms with E-state index >= 15 is 0 Å². The van der Waals surface area contributed by atoms with Gasteiger partial charge in [0.05, 0.1) is 22.3 Å². The molecule has 0 aromatic heterocycles. The highest BCUT2D eigenvalue weighted by molar-refractivity contribution is 6.24. The van der Waals surface area contributed by atoms with E-state index < -0.39 is 34.8 Å². The molecule has 5 rings (SSSR count). The Bertz CT molecular complexity index is 1310. The Labute approximate surface area is 199 Å². The molecule has 10 nitrogen and oxygen atoms in total. The van der Waals surface area contributed by atoms with Gasteiger partial charge in [-0.15, -0.1) is 0 Å². The van der Waals surface area contributed by atoms with Gasteiger partial charge in [0.1, 0.15) is 5.92 Å². The Morgan fingerprint density at radius 2 is 1.57 bits per heavy atom. The molecule has 10 heteroatoms. The van der Waals surface area contributed by atoms with E-state index in [4.69, 9.17) is 4.84 Å². The van der Waals surface area contributed by atoms with Gasteiger partial charge in [-0.3, -0.25) is 29.3 Å². The van der Waals surface area contributed by atoms with E-state index in [1.165, 1.54) is 31.2 Å². The largest absolute Gasteiger partial charge is 0.326 e. The highest BCUT2D eigenvalue weighted by Gasteiger charge is 2.60. The molecule has 0 spiro atoms. The van der Waals surface area contributed by atoms with Crippen LogP contribution >= 0.6 is 0 Å². The number of amides is 3. The van der Waals surface area contributed by atoms with E-state index in [1.807, 2.05) is 30.3 Å². The second-order valence-corrected chi connectivity index (χ2v) is 8.25. The smallest absolute Gasteiger partial charge is 0.269 e. The van der Waals surface area contributed by atoms with Gasteiger partial charge in [-0.25, -0.2) is 9.96 Å². The first-order valence-corrected chi connectivity index (χ1v) is 10.9. The number of non-ortho nitro benzene ring substituents is 1. The Hall–Kier alpha value is -4.57. The molecule has 1 N–H and O–H groups in total. The highest BCUT2D eigenvalue weighted by Crippen LogP contribution is 2.47. The van der Waals surface area contributed by atoms with Gasteiger partial charge in [-0.05, 0) is 42.0 Å². The van der Waals surface area contributed by atoms with Gasteiger partial charge in [0.15, 0.2) is 6.10 Å². The van der Waals surface area contributed by atoms with Crippen molar-refractivity contribution in [3.8, 4) is 0 Å². The summed E-state index contributed by atoms with van der Waals surface area (Å²) >= 11 is 0. The molecule has 3 aromatic rings. The lowest BCUT2D eigenvalue weighted by molar-refractivity contribution is -0.384. The van der Waals surface area contributed by atoms with Crippen molar-refractivity contribution in [2.45, 2.75) is 19.1 Å². The summed E-state index contributed by atoms with van der Waals surface area (Å²) in [4.78, 5) is 55.8. The number of fused-ring (bicyclic) bond motifs is 1. The number of rotatable bonds is 5. The summed E-state index contributed by atoms with van der Waals surface area (Å²) in [5.41, 5.74) is 2.11. The first-order chi connectivity index (χ1) is 16.8. The van der Waals surface area contributed by atoms with Crippen molar-refractivity contribution in [1.29, 1.82) is 0 Å². The van der Waals surface area contributed by atoms with E-state index in [-0.39, 0.29) is 17.3 Å². The number of carbonyl (C=O) groups excluding carboxylic acids is 3. The maximum absolute atomic E-state index is 13.6. The molecule has 0 saturated carbocycles. The number of hydroxylamine groups is 1. The number of hydrogen-bond acceptors (Lipinski definition) is 7. The van der Waals surface area contributed by atoms with E-state index in [0.717, 1.165) is 10.5 Å². The van der Waals surface area contributed by atoms with Crippen molar-refractivity contribution in [2.75, 3.05) is 15.3 Å². The number of benzene rings is 3. The van der Waals surface area contributed by atoms with Crippen molar-refractivity contribution in [1.82, 2.24) is 0 Å². The third-order valence-corrected chi connectivity index (χ3v) is 6.02.